The van der Waals surface area contributed by atoms with E-state index in [1.165, 1.54) is 92.6 Å². The normalized spacial score (nSPS) is 13.0. The molecule has 2 aliphatic rings. The van der Waals surface area contributed by atoms with Crippen molar-refractivity contribution in [1.82, 2.24) is 4.98 Å². The minimum atomic E-state index is 0.0989. The van der Waals surface area contributed by atoms with Crippen molar-refractivity contribution in [3.05, 3.63) is 161 Å². The molecule has 0 radical (unpaired) electrons. The fraction of sp³-hybridized carbons (Fsp3) is 0.0930. The van der Waals surface area contributed by atoms with Crippen LogP contribution in [0.3, 0.4) is 0 Å². The summed E-state index contributed by atoms with van der Waals surface area (Å²) in [7, 11) is 0. The van der Waals surface area contributed by atoms with Crippen LogP contribution in [-0.2, 0) is 0 Å². The van der Waals surface area contributed by atoms with Gasteiger partial charge in [0.25, 0.3) is 6.71 Å². The number of pyridine rings is 1. The molecule has 3 heteroatoms. The molecule has 2 heterocycles. The number of rotatable bonds is 5. The summed E-state index contributed by atoms with van der Waals surface area (Å²) in [5, 5.41) is 2.50. The summed E-state index contributed by atoms with van der Waals surface area (Å²) in [6.45, 7) is 9.00. The van der Waals surface area contributed by atoms with Gasteiger partial charge in [-0.2, -0.15) is 0 Å². The van der Waals surface area contributed by atoms with E-state index in [1.54, 1.807) is 0 Å². The lowest BCUT2D eigenvalue weighted by Gasteiger charge is -2.24. The number of hydrogen-bond donors (Lipinski definition) is 0. The summed E-state index contributed by atoms with van der Waals surface area (Å²) in [6.07, 6.45) is 8.15. The van der Waals surface area contributed by atoms with Crippen molar-refractivity contribution in [2.45, 2.75) is 37.5 Å². The first-order chi connectivity index (χ1) is 22.5. The summed E-state index contributed by atoms with van der Waals surface area (Å²) in [4.78, 5) is 7.28. The molecule has 8 rings (SSSR count). The van der Waals surface area contributed by atoms with Crippen LogP contribution in [0, 0.1) is 20.8 Å². The molecule has 6 aromatic rings. The molecule has 1 nitrogen and oxygen atoms in total. The van der Waals surface area contributed by atoms with Gasteiger partial charge in [-0.15, -0.1) is 0 Å². The molecule has 1 aromatic heterocycles. The van der Waals surface area contributed by atoms with E-state index in [4.69, 9.17) is 4.98 Å². The zero-order valence-electron chi connectivity index (χ0n) is 26.5. The van der Waals surface area contributed by atoms with E-state index < -0.39 is 0 Å². The SMILES string of the molecule is CC1=CC=C=C=C1B(c1ccccc1C)c1c(C)cc(-c2ccc(-c3ccc4c5c(cncc35)-c3ccccc3S4)cc2)cc1C. The van der Waals surface area contributed by atoms with Crippen LogP contribution in [-0.4, -0.2) is 11.7 Å². The van der Waals surface area contributed by atoms with Crippen LogP contribution in [0.25, 0.3) is 44.2 Å². The first-order valence-electron chi connectivity index (χ1n) is 15.8. The van der Waals surface area contributed by atoms with Gasteiger partial charge in [-0.25, -0.2) is 0 Å². The van der Waals surface area contributed by atoms with E-state index in [1.807, 2.05) is 30.2 Å². The van der Waals surface area contributed by atoms with E-state index >= 15 is 0 Å². The third-order valence-corrected chi connectivity index (χ3v) is 10.7. The fourth-order valence-electron chi connectivity index (χ4n) is 7.28. The van der Waals surface area contributed by atoms with Gasteiger partial charge in [0.2, 0.25) is 0 Å². The van der Waals surface area contributed by atoms with E-state index in [0.717, 1.165) is 0 Å². The largest absolute Gasteiger partial charge is 0.263 e. The molecule has 5 aromatic carbocycles. The molecule has 0 spiro atoms. The minimum Gasteiger partial charge on any atom is -0.263 e. The fourth-order valence-corrected chi connectivity index (χ4v) is 8.41. The van der Waals surface area contributed by atoms with Gasteiger partial charge in [-0.1, -0.05) is 142 Å². The monoisotopic (exact) mass is 605 g/mol. The highest BCUT2D eigenvalue weighted by atomic mass is 32.2. The van der Waals surface area contributed by atoms with Crippen molar-refractivity contribution in [2.75, 3.05) is 0 Å². The Bertz CT molecular complexity index is 2330. The van der Waals surface area contributed by atoms with Crippen LogP contribution in [0.1, 0.15) is 23.6 Å². The lowest BCUT2D eigenvalue weighted by atomic mass is 9.33. The number of aryl methyl sites for hydroxylation is 3. The summed E-state index contributed by atoms with van der Waals surface area (Å²) >= 11 is 1.85. The summed E-state index contributed by atoms with van der Waals surface area (Å²) in [5.41, 5.74) is 23.0. The van der Waals surface area contributed by atoms with Crippen molar-refractivity contribution >= 4 is 40.2 Å². The van der Waals surface area contributed by atoms with Crippen molar-refractivity contribution < 1.29 is 0 Å². The number of aromatic nitrogens is 1. The zero-order chi connectivity index (χ0) is 31.4. The second-order valence-electron chi connectivity index (χ2n) is 12.4. The highest BCUT2D eigenvalue weighted by Crippen LogP contribution is 2.49. The third kappa shape index (κ3) is 4.73. The molecule has 1 aliphatic heterocycles. The molecule has 0 amide bonds. The predicted octanol–water partition coefficient (Wildman–Crippen LogP) is 9.97. The van der Waals surface area contributed by atoms with Gasteiger partial charge in [0.05, 0.1) is 0 Å². The molecule has 1 aliphatic carbocycles. The Morgan fingerprint density at radius 1 is 0.630 bits per heavy atom. The quantitative estimate of drug-likeness (QED) is 0.143. The van der Waals surface area contributed by atoms with Gasteiger partial charge < -0.3 is 0 Å². The molecular weight excluding hydrogens is 573 g/mol. The third-order valence-electron chi connectivity index (χ3n) is 9.53. The Hall–Kier alpha value is -5.04. The standard InChI is InChI=1S/C43H32BNS/c1-27-11-5-8-14-38(27)44(39-15-9-6-12-28(39)2)43-29(3)23-33(24-30(43)4)31-17-19-32(20-18-31)34-21-22-41-42-36(34)25-45-26-37(42)35-13-7-10-16-40(35)46-41/h5-8,10-14,16-26H,1-4H3. The molecule has 0 saturated carbocycles. The van der Waals surface area contributed by atoms with Crippen molar-refractivity contribution in [1.29, 1.82) is 0 Å². The van der Waals surface area contributed by atoms with Crippen LogP contribution in [0.2, 0.25) is 0 Å². The van der Waals surface area contributed by atoms with Crippen molar-refractivity contribution in [2.24, 2.45) is 0 Å². The first-order valence-corrected chi connectivity index (χ1v) is 16.6. The van der Waals surface area contributed by atoms with Crippen LogP contribution in [0.4, 0.5) is 0 Å². The molecule has 0 unspecified atom stereocenters. The van der Waals surface area contributed by atoms with Gasteiger partial charge in [0.1, 0.15) is 0 Å². The van der Waals surface area contributed by atoms with Gasteiger partial charge in [-0.05, 0) is 84.8 Å². The molecule has 0 N–H and O–H groups in total. The smallest absolute Gasteiger partial charge is 0.253 e. The molecule has 0 fully saturated rings. The molecular formula is C43H32BNS. The van der Waals surface area contributed by atoms with Crippen LogP contribution in [0.5, 0.6) is 0 Å². The minimum absolute atomic E-state index is 0.0989. The topological polar surface area (TPSA) is 12.9 Å². The molecule has 46 heavy (non-hydrogen) atoms. The second-order valence-corrected chi connectivity index (χ2v) is 13.5. The van der Waals surface area contributed by atoms with Gasteiger partial charge in [0.15, 0.2) is 0 Å². The zero-order valence-corrected chi connectivity index (χ0v) is 27.3. The number of fused-ring (bicyclic) bond motifs is 2. The van der Waals surface area contributed by atoms with Crippen molar-refractivity contribution in [3.8, 4) is 33.4 Å². The number of benzene rings is 5. The maximum Gasteiger partial charge on any atom is 0.253 e. The lowest BCUT2D eigenvalue weighted by Crippen LogP contribution is -2.48. The molecule has 218 valence electrons. The van der Waals surface area contributed by atoms with E-state index in [9.17, 15) is 0 Å². The van der Waals surface area contributed by atoms with Crippen molar-refractivity contribution in [3.63, 3.8) is 0 Å². The summed E-state index contributed by atoms with van der Waals surface area (Å²) < 4.78 is 0. The molecule has 0 saturated heterocycles. The Labute approximate surface area is 275 Å². The maximum atomic E-state index is 4.69. The van der Waals surface area contributed by atoms with E-state index in [2.05, 4.69) is 142 Å². The van der Waals surface area contributed by atoms with Crippen LogP contribution >= 0.6 is 11.8 Å². The maximum absolute atomic E-state index is 4.69. The van der Waals surface area contributed by atoms with Crippen LogP contribution < -0.4 is 10.9 Å². The van der Waals surface area contributed by atoms with Gasteiger partial charge in [-0.3, -0.25) is 4.98 Å². The summed E-state index contributed by atoms with van der Waals surface area (Å²) in [5.74, 6) is 0. The Morgan fingerprint density at radius 2 is 1.37 bits per heavy atom. The highest BCUT2D eigenvalue weighted by Gasteiger charge is 2.30. The highest BCUT2D eigenvalue weighted by molar-refractivity contribution is 7.99. The lowest BCUT2D eigenvalue weighted by molar-refractivity contribution is 1.31. The Kier molecular flexibility index (Phi) is 7.05. The molecule has 0 atom stereocenters. The average Bonchev–Trinajstić information content (AvgIpc) is 3.08. The van der Waals surface area contributed by atoms with E-state index in [0.29, 0.717) is 0 Å². The predicted molar refractivity (Wildman–Crippen MR) is 197 cm³/mol. The number of nitrogens with zero attached hydrogens (tertiary/aromatic N) is 1. The van der Waals surface area contributed by atoms with Gasteiger partial charge >= 0.3 is 0 Å². The average molecular weight is 606 g/mol. The number of hydrogen-bond acceptors (Lipinski definition) is 2. The second kappa shape index (κ2) is 11.4. The Balaban J connectivity index is 1.19. The molecule has 0 bridgehead atoms. The summed E-state index contributed by atoms with van der Waals surface area (Å²) in [6, 6.07) is 35.7. The first kappa shape index (κ1) is 28.4. The van der Waals surface area contributed by atoms with E-state index in [-0.39, 0.29) is 6.71 Å². The van der Waals surface area contributed by atoms with Gasteiger partial charge in [0, 0.05) is 38.5 Å². The number of allylic oxidation sites excluding steroid dienone is 4. The Morgan fingerprint density at radius 3 is 2.15 bits per heavy atom. The van der Waals surface area contributed by atoms with Crippen LogP contribution in [0.15, 0.2) is 154 Å².